The van der Waals surface area contributed by atoms with Gasteiger partial charge in [-0.1, -0.05) is 0 Å². The molecule has 4 N–H and O–H groups in total. The summed E-state index contributed by atoms with van der Waals surface area (Å²) in [5.74, 6) is -0.700. The minimum absolute atomic E-state index is 0.130. The van der Waals surface area contributed by atoms with Crippen LogP contribution in [0.1, 0.15) is 18.6 Å². The summed E-state index contributed by atoms with van der Waals surface area (Å²) in [7, 11) is 1.59. The van der Waals surface area contributed by atoms with Crippen LogP contribution in [-0.2, 0) is 16.6 Å². The first-order chi connectivity index (χ1) is 7.49. The maximum absolute atomic E-state index is 11.2. The van der Waals surface area contributed by atoms with E-state index in [0.717, 1.165) is 0 Å². The van der Waals surface area contributed by atoms with Crippen LogP contribution in [0.5, 0.6) is 0 Å². The number of aryl methyl sites for hydroxylation is 1. The summed E-state index contributed by atoms with van der Waals surface area (Å²) in [5.41, 5.74) is 5.79. The molecule has 2 atom stereocenters. The quantitative estimate of drug-likeness (QED) is 0.569. The van der Waals surface area contributed by atoms with Crippen molar-refractivity contribution in [2.24, 2.45) is 7.05 Å². The fraction of sp³-hybridized carbons (Fsp3) is 0.556. The Morgan fingerprint density at radius 1 is 1.69 bits per heavy atom. The SMILES string of the molecule is CCOC(=O)C(O)C(O)c1cnn(C)c1N. The largest absolute Gasteiger partial charge is 0.464 e. The molecule has 16 heavy (non-hydrogen) atoms. The van der Waals surface area contributed by atoms with Gasteiger partial charge in [0.2, 0.25) is 0 Å². The van der Waals surface area contributed by atoms with E-state index in [1.54, 1.807) is 14.0 Å². The smallest absolute Gasteiger partial charge is 0.338 e. The summed E-state index contributed by atoms with van der Waals surface area (Å²) in [6.45, 7) is 1.74. The predicted molar refractivity (Wildman–Crippen MR) is 55.2 cm³/mol. The highest BCUT2D eigenvalue weighted by Gasteiger charge is 2.29. The number of carbonyl (C=O) groups excluding carboxylic acids is 1. The van der Waals surface area contributed by atoms with Gasteiger partial charge in [-0.25, -0.2) is 4.79 Å². The maximum Gasteiger partial charge on any atom is 0.338 e. The molecule has 1 aromatic heterocycles. The van der Waals surface area contributed by atoms with Crippen LogP contribution < -0.4 is 5.73 Å². The number of anilines is 1. The van der Waals surface area contributed by atoms with Crippen molar-refractivity contribution in [2.75, 3.05) is 12.3 Å². The number of aliphatic hydroxyl groups is 2. The fourth-order valence-electron chi connectivity index (χ4n) is 1.22. The van der Waals surface area contributed by atoms with Gasteiger partial charge in [0.1, 0.15) is 11.9 Å². The molecule has 7 heteroatoms. The van der Waals surface area contributed by atoms with Crippen molar-refractivity contribution in [2.45, 2.75) is 19.1 Å². The molecule has 0 saturated heterocycles. The highest BCUT2D eigenvalue weighted by Crippen LogP contribution is 2.22. The zero-order valence-corrected chi connectivity index (χ0v) is 9.12. The van der Waals surface area contributed by atoms with Crippen molar-refractivity contribution < 1.29 is 19.7 Å². The first kappa shape index (κ1) is 12.5. The Labute approximate surface area is 92.4 Å². The first-order valence-electron chi connectivity index (χ1n) is 4.79. The van der Waals surface area contributed by atoms with Crippen LogP contribution in [0.3, 0.4) is 0 Å². The standard InChI is InChI=1S/C9H15N3O4/c1-3-16-9(15)7(14)6(13)5-4-11-12(2)8(5)10/h4,6-7,13-14H,3,10H2,1-2H3. The average Bonchev–Trinajstić information content (AvgIpc) is 2.58. The molecular weight excluding hydrogens is 214 g/mol. The van der Waals surface area contributed by atoms with Gasteiger partial charge in [-0.2, -0.15) is 5.10 Å². The molecule has 0 aliphatic carbocycles. The minimum atomic E-state index is -1.66. The van der Waals surface area contributed by atoms with E-state index < -0.39 is 18.2 Å². The number of aliphatic hydroxyl groups excluding tert-OH is 2. The number of nitrogen functional groups attached to an aromatic ring is 1. The topological polar surface area (TPSA) is 111 Å². The number of nitrogens with zero attached hydrogens (tertiary/aromatic N) is 2. The number of aromatic nitrogens is 2. The third-order valence-electron chi connectivity index (χ3n) is 2.16. The van der Waals surface area contributed by atoms with Crippen LogP contribution in [0.4, 0.5) is 5.82 Å². The van der Waals surface area contributed by atoms with Crippen LogP contribution >= 0.6 is 0 Å². The Balaban J connectivity index is 2.81. The van der Waals surface area contributed by atoms with E-state index in [-0.39, 0.29) is 18.0 Å². The zero-order chi connectivity index (χ0) is 12.3. The van der Waals surface area contributed by atoms with Gasteiger partial charge < -0.3 is 20.7 Å². The highest BCUT2D eigenvalue weighted by molar-refractivity contribution is 5.75. The number of ether oxygens (including phenoxy) is 1. The van der Waals surface area contributed by atoms with Crippen LogP contribution in [0.2, 0.25) is 0 Å². The molecule has 0 saturated carbocycles. The normalized spacial score (nSPS) is 14.5. The number of nitrogens with two attached hydrogens (primary N) is 1. The average molecular weight is 229 g/mol. The van der Waals surface area contributed by atoms with Crippen molar-refractivity contribution in [3.05, 3.63) is 11.8 Å². The molecule has 90 valence electrons. The van der Waals surface area contributed by atoms with Crippen LogP contribution in [0.25, 0.3) is 0 Å². The summed E-state index contributed by atoms with van der Waals surface area (Å²) < 4.78 is 5.91. The van der Waals surface area contributed by atoms with Crippen LogP contribution in [0, 0.1) is 0 Å². The molecule has 1 aromatic rings. The van der Waals surface area contributed by atoms with E-state index in [2.05, 4.69) is 9.84 Å². The molecule has 1 rings (SSSR count). The molecule has 0 amide bonds. The van der Waals surface area contributed by atoms with Gasteiger partial charge in [0.15, 0.2) is 6.10 Å². The molecule has 0 aliphatic rings. The number of esters is 1. The van der Waals surface area contributed by atoms with Crippen molar-refractivity contribution in [1.29, 1.82) is 0 Å². The van der Waals surface area contributed by atoms with Gasteiger partial charge in [0, 0.05) is 12.6 Å². The summed E-state index contributed by atoms with van der Waals surface area (Å²) in [6, 6.07) is 0. The Hall–Kier alpha value is -1.60. The summed E-state index contributed by atoms with van der Waals surface area (Å²) >= 11 is 0. The predicted octanol–water partition coefficient (Wildman–Crippen LogP) is -1.04. The number of rotatable bonds is 4. The first-order valence-corrected chi connectivity index (χ1v) is 4.79. The van der Waals surface area contributed by atoms with Crippen LogP contribution in [0.15, 0.2) is 6.20 Å². The fourth-order valence-corrected chi connectivity index (χ4v) is 1.22. The Morgan fingerprint density at radius 2 is 2.31 bits per heavy atom. The Kier molecular flexibility index (Phi) is 3.86. The van der Waals surface area contributed by atoms with E-state index in [4.69, 9.17) is 5.73 Å². The van der Waals surface area contributed by atoms with Gasteiger partial charge in [-0.3, -0.25) is 4.68 Å². The molecule has 2 unspecified atom stereocenters. The van der Waals surface area contributed by atoms with Crippen molar-refractivity contribution >= 4 is 11.8 Å². The monoisotopic (exact) mass is 229 g/mol. The third kappa shape index (κ3) is 2.31. The van der Waals surface area contributed by atoms with E-state index in [1.165, 1.54) is 10.9 Å². The molecule has 1 heterocycles. The number of hydrogen-bond donors (Lipinski definition) is 3. The van der Waals surface area contributed by atoms with Gasteiger partial charge in [-0.15, -0.1) is 0 Å². The lowest BCUT2D eigenvalue weighted by molar-refractivity contribution is -0.159. The summed E-state index contributed by atoms with van der Waals surface area (Å²) in [4.78, 5) is 11.2. The van der Waals surface area contributed by atoms with E-state index in [1.807, 2.05) is 0 Å². The van der Waals surface area contributed by atoms with Gasteiger partial charge in [0.25, 0.3) is 0 Å². The lowest BCUT2D eigenvalue weighted by Crippen LogP contribution is -2.30. The van der Waals surface area contributed by atoms with Crippen molar-refractivity contribution in [1.82, 2.24) is 9.78 Å². The molecule has 0 aliphatic heterocycles. The summed E-state index contributed by atoms with van der Waals surface area (Å²) in [5, 5.41) is 23.0. The third-order valence-corrected chi connectivity index (χ3v) is 2.16. The lowest BCUT2D eigenvalue weighted by Gasteiger charge is -2.15. The molecule has 0 aromatic carbocycles. The number of carbonyl (C=O) groups is 1. The Bertz CT molecular complexity index is 377. The molecule has 0 radical (unpaired) electrons. The minimum Gasteiger partial charge on any atom is -0.464 e. The van der Waals surface area contributed by atoms with Crippen molar-refractivity contribution in [3.63, 3.8) is 0 Å². The lowest BCUT2D eigenvalue weighted by atomic mass is 10.1. The Morgan fingerprint density at radius 3 is 2.75 bits per heavy atom. The molecule has 0 spiro atoms. The zero-order valence-electron chi connectivity index (χ0n) is 9.12. The van der Waals surface area contributed by atoms with Gasteiger partial charge in [-0.05, 0) is 6.92 Å². The van der Waals surface area contributed by atoms with Crippen LogP contribution in [-0.4, -0.2) is 38.7 Å². The molecule has 0 fully saturated rings. The molecular formula is C9H15N3O4. The second kappa shape index (κ2) is 4.95. The van der Waals surface area contributed by atoms with Gasteiger partial charge >= 0.3 is 5.97 Å². The van der Waals surface area contributed by atoms with Crippen molar-refractivity contribution in [3.8, 4) is 0 Å². The second-order valence-electron chi connectivity index (χ2n) is 3.25. The molecule has 7 nitrogen and oxygen atoms in total. The van der Waals surface area contributed by atoms with Gasteiger partial charge in [0.05, 0.1) is 12.8 Å². The van der Waals surface area contributed by atoms with E-state index >= 15 is 0 Å². The maximum atomic E-state index is 11.2. The van der Waals surface area contributed by atoms with E-state index in [0.29, 0.717) is 0 Å². The summed E-state index contributed by atoms with van der Waals surface area (Å²) in [6.07, 6.45) is -1.80. The molecule has 0 bridgehead atoms. The number of hydrogen-bond acceptors (Lipinski definition) is 6. The second-order valence-corrected chi connectivity index (χ2v) is 3.25. The highest BCUT2D eigenvalue weighted by atomic mass is 16.5. The van der Waals surface area contributed by atoms with E-state index in [9.17, 15) is 15.0 Å².